The number of rotatable bonds is 11. The molecule has 0 bridgehead atoms. The molecule has 1 aromatic heterocycles. The predicted molar refractivity (Wildman–Crippen MR) is 129 cm³/mol. The first kappa shape index (κ1) is 26.1. The summed E-state index contributed by atoms with van der Waals surface area (Å²) < 4.78 is 21.4. The number of anilines is 1. The molecule has 0 aliphatic carbocycles. The summed E-state index contributed by atoms with van der Waals surface area (Å²) in [5.41, 5.74) is 0.306. The van der Waals surface area contributed by atoms with E-state index in [0.29, 0.717) is 40.7 Å². The summed E-state index contributed by atoms with van der Waals surface area (Å²) in [6.45, 7) is 3.40. The van der Waals surface area contributed by atoms with Gasteiger partial charge in [-0.25, -0.2) is 9.78 Å². The van der Waals surface area contributed by atoms with E-state index in [4.69, 9.17) is 23.7 Å². The lowest BCUT2D eigenvalue weighted by atomic mass is 10.0. The third kappa shape index (κ3) is 7.49. The minimum Gasteiger partial charge on any atom is -0.496 e. The lowest BCUT2D eigenvalue weighted by molar-refractivity contribution is -0.139. The molecule has 0 unspecified atom stereocenters. The van der Waals surface area contributed by atoms with E-state index < -0.39 is 29.9 Å². The summed E-state index contributed by atoms with van der Waals surface area (Å²) in [7, 11) is 1.49. The van der Waals surface area contributed by atoms with Crippen LogP contribution >= 0.6 is 0 Å². The molecule has 0 spiro atoms. The second kappa shape index (κ2) is 11.7. The Bertz CT molecular complexity index is 1190. The highest BCUT2D eigenvalue weighted by Gasteiger charge is 2.25. The number of nitrogens with zero attached hydrogens (tertiary/aromatic N) is 1. The zero-order chi connectivity index (χ0) is 26.1. The molecule has 0 aliphatic rings. The Morgan fingerprint density at radius 1 is 1.03 bits per heavy atom. The van der Waals surface area contributed by atoms with Gasteiger partial charge < -0.3 is 34.4 Å². The van der Waals surface area contributed by atoms with E-state index in [2.05, 4.69) is 15.6 Å². The van der Waals surface area contributed by atoms with Crippen molar-refractivity contribution >= 4 is 23.5 Å². The third-order valence-corrected chi connectivity index (χ3v) is 5.00. The molecular formula is C25H27N3O8. The summed E-state index contributed by atoms with van der Waals surface area (Å²) >= 11 is 0. The highest BCUT2D eigenvalue weighted by Crippen LogP contribution is 2.32. The van der Waals surface area contributed by atoms with Gasteiger partial charge in [0.1, 0.15) is 17.2 Å². The molecule has 0 radical (unpaired) electrons. The van der Waals surface area contributed by atoms with Crippen LogP contribution < -0.4 is 24.8 Å². The van der Waals surface area contributed by atoms with Crippen molar-refractivity contribution in [3.63, 3.8) is 0 Å². The Labute approximate surface area is 207 Å². The number of aromatic nitrogens is 1. The number of carboxylic acids is 1. The van der Waals surface area contributed by atoms with Gasteiger partial charge in [0.05, 0.1) is 25.5 Å². The lowest BCUT2D eigenvalue weighted by Crippen LogP contribution is -2.48. The van der Waals surface area contributed by atoms with E-state index in [1.165, 1.54) is 13.5 Å². The molecule has 0 saturated carbocycles. The minimum atomic E-state index is -1.06. The second-order valence-corrected chi connectivity index (χ2v) is 8.33. The number of nitrogens with one attached hydrogen (secondary N) is 2. The topological polar surface area (TPSA) is 149 Å². The van der Waals surface area contributed by atoms with Gasteiger partial charge in [0.2, 0.25) is 0 Å². The fraction of sp³-hybridized carbons (Fsp3) is 0.280. The predicted octanol–water partition coefficient (Wildman–Crippen LogP) is 3.12. The Kier molecular flexibility index (Phi) is 8.50. The highest BCUT2D eigenvalue weighted by molar-refractivity contribution is 6.39. The Morgan fingerprint density at radius 3 is 2.33 bits per heavy atom. The van der Waals surface area contributed by atoms with Gasteiger partial charge >= 0.3 is 17.8 Å². The first-order valence-corrected chi connectivity index (χ1v) is 10.9. The van der Waals surface area contributed by atoms with Crippen molar-refractivity contribution in [2.24, 2.45) is 0 Å². The number of methoxy groups -OCH3 is 1. The number of ether oxygens (including phenoxy) is 3. The molecule has 3 N–H and O–H groups in total. The number of hydrogen-bond acceptors (Lipinski definition) is 8. The Balaban J connectivity index is 1.48. The summed E-state index contributed by atoms with van der Waals surface area (Å²) in [6.07, 6.45) is 3.27. The zero-order valence-electron chi connectivity index (χ0n) is 20.1. The first-order chi connectivity index (χ1) is 17.2. The molecule has 11 nitrogen and oxygen atoms in total. The normalized spacial score (nSPS) is 10.9. The molecule has 0 aliphatic heterocycles. The van der Waals surface area contributed by atoms with Crippen molar-refractivity contribution < 1.29 is 38.1 Å². The van der Waals surface area contributed by atoms with Crippen molar-refractivity contribution in [2.75, 3.05) is 25.6 Å². The number of hydrogen-bond donors (Lipinski definition) is 3. The summed E-state index contributed by atoms with van der Waals surface area (Å²) in [4.78, 5) is 39.4. The average Bonchev–Trinajstić information content (AvgIpc) is 3.37. The molecule has 1 heterocycles. The van der Waals surface area contributed by atoms with Gasteiger partial charge in [0.15, 0.2) is 18.8 Å². The third-order valence-electron chi connectivity index (χ3n) is 5.00. The number of amides is 2. The van der Waals surface area contributed by atoms with E-state index >= 15 is 0 Å². The van der Waals surface area contributed by atoms with Gasteiger partial charge in [-0.2, -0.15) is 0 Å². The number of aliphatic carboxylic acids is 1. The fourth-order valence-electron chi connectivity index (χ4n) is 3.14. The maximum Gasteiger partial charge on any atom is 0.341 e. The SMILES string of the molecule is COc1cc(NC(=O)C(=O)NC(C)(C)CCOc2ccc(OCC(=O)O)cc2)ccc1-c1cnco1. The molecule has 3 aromatic rings. The van der Waals surface area contributed by atoms with Crippen LogP contribution in [-0.4, -0.2) is 53.7 Å². The summed E-state index contributed by atoms with van der Waals surface area (Å²) in [5, 5.41) is 13.9. The van der Waals surface area contributed by atoms with Crippen LogP contribution in [0.25, 0.3) is 11.3 Å². The van der Waals surface area contributed by atoms with Gasteiger partial charge in [0, 0.05) is 23.7 Å². The molecule has 2 aromatic carbocycles. The van der Waals surface area contributed by atoms with Gasteiger partial charge in [-0.3, -0.25) is 9.59 Å². The Morgan fingerprint density at radius 2 is 1.72 bits per heavy atom. The van der Waals surface area contributed by atoms with E-state index in [-0.39, 0.29) is 6.61 Å². The van der Waals surface area contributed by atoms with Crippen LogP contribution in [0.4, 0.5) is 5.69 Å². The molecule has 3 rings (SSSR count). The van der Waals surface area contributed by atoms with Crippen molar-refractivity contribution in [3.8, 4) is 28.6 Å². The van der Waals surface area contributed by atoms with Crippen molar-refractivity contribution in [1.29, 1.82) is 0 Å². The molecular weight excluding hydrogens is 470 g/mol. The molecule has 0 saturated heterocycles. The number of carbonyl (C=O) groups is 3. The van der Waals surface area contributed by atoms with E-state index in [0.717, 1.165) is 0 Å². The minimum absolute atomic E-state index is 0.268. The van der Waals surface area contributed by atoms with Crippen LogP contribution in [0.2, 0.25) is 0 Å². The highest BCUT2D eigenvalue weighted by atomic mass is 16.5. The molecule has 11 heteroatoms. The van der Waals surface area contributed by atoms with Crippen LogP contribution in [0, 0.1) is 0 Å². The van der Waals surface area contributed by atoms with Crippen molar-refractivity contribution in [1.82, 2.24) is 10.3 Å². The monoisotopic (exact) mass is 497 g/mol. The van der Waals surface area contributed by atoms with Crippen LogP contribution in [0.3, 0.4) is 0 Å². The van der Waals surface area contributed by atoms with Gasteiger partial charge in [0.25, 0.3) is 0 Å². The zero-order valence-corrected chi connectivity index (χ0v) is 20.1. The number of benzene rings is 2. The largest absolute Gasteiger partial charge is 0.496 e. The van der Waals surface area contributed by atoms with Crippen LogP contribution in [0.1, 0.15) is 20.3 Å². The fourth-order valence-corrected chi connectivity index (χ4v) is 3.14. The van der Waals surface area contributed by atoms with Gasteiger partial charge in [-0.1, -0.05) is 0 Å². The maximum atomic E-state index is 12.5. The van der Waals surface area contributed by atoms with Gasteiger partial charge in [-0.05, 0) is 50.2 Å². The molecule has 190 valence electrons. The Hall–Kier alpha value is -4.54. The molecule has 0 fully saturated rings. The second-order valence-electron chi connectivity index (χ2n) is 8.33. The summed E-state index contributed by atoms with van der Waals surface area (Å²) in [5.74, 6) is -0.756. The van der Waals surface area contributed by atoms with Crippen molar-refractivity contribution in [2.45, 2.75) is 25.8 Å². The van der Waals surface area contributed by atoms with Crippen LogP contribution in [-0.2, 0) is 14.4 Å². The smallest absolute Gasteiger partial charge is 0.341 e. The van der Waals surface area contributed by atoms with E-state index in [9.17, 15) is 14.4 Å². The quantitative estimate of drug-likeness (QED) is 0.340. The van der Waals surface area contributed by atoms with Gasteiger partial charge in [-0.15, -0.1) is 0 Å². The van der Waals surface area contributed by atoms with E-state index in [1.807, 2.05) is 0 Å². The van der Waals surface area contributed by atoms with E-state index in [1.54, 1.807) is 62.5 Å². The molecule has 0 atom stereocenters. The molecule has 2 amide bonds. The molecule has 36 heavy (non-hydrogen) atoms. The standard InChI is InChI=1S/C25H27N3O8/c1-25(2,10-11-34-17-5-7-18(8-6-17)35-14-22(29)30)28-24(32)23(31)27-16-4-9-19(20(12-16)33-3)21-13-26-15-36-21/h4-9,12-13,15H,10-11,14H2,1-3H3,(H,27,31)(H,28,32)(H,29,30). The van der Waals surface area contributed by atoms with Crippen molar-refractivity contribution in [3.05, 3.63) is 55.1 Å². The number of carboxylic acid groups (broad SMARTS) is 1. The first-order valence-electron chi connectivity index (χ1n) is 10.9. The lowest BCUT2D eigenvalue weighted by Gasteiger charge is -2.26. The number of oxazole rings is 1. The van der Waals surface area contributed by atoms with Crippen LogP contribution in [0.5, 0.6) is 17.2 Å². The number of carbonyl (C=O) groups excluding carboxylic acids is 2. The average molecular weight is 498 g/mol. The summed E-state index contributed by atoms with van der Waals surface area (Å²) in [6, 6.07) is 11.4. The van der Waals surface area contributed by atoms with Crippen LogP contribution in [0.15, 0.2) is 59.5 Å². The maximum absolute atomic E-state index is 12.5.